The average molecular weight is 542 g/mol. The lowest BCUT2D eigenvalue weighted by molar-refractivity contribution is -0.359. The number of carbonyl (C=O) groups excluding carboxylic acids is 1. The van der Waals surface area contributed by atoms with Crippen molar-refractivity contribution in [3.05, 3.63) is 12.7 Å². The molecule has 9 N–H and O–H groups in total. The van der Waals surface area contributed by atoms with Crippen molar-refractivity contribution in [3.63, 3.8) is 0 Å². The van der Waals surface area contributed by atoms with Crippen molar-refractivity contribution in [3.8, 4) is 0 Å². The maximum absolute atomic E-state index is 12.1. The van der Waals surface area contributed by atoms with E-state index >= 15 is 0 Å². The molecule has 0 aromatic heterocycles. The maximum atomic E-state index is 12.1. The van der Waals surface area contributed by atoms with E-state index in [-0.39, 0.29) is 0 Å². The number of aliphatic hydroxyl groups excluding tert-OH is 8. The number of hydrogen-bond acceptors (Lipinski definition) is 14. The summed E-state index contributed by atoms with van der Waals surface area (Å²) in [5.41, 5.74) is -0.814. The number of aliphatic hydroxyl groups is 8. The number of nitrogens with one attached hydrogen (secondary N) is 1. The molecule has 2 aliphatic rings. The summed E-state index contributed by atoms with van der Waals surface area (Å²) in [5.74, 6) is 0. The smallest absolute Gasteiger partial charge is 0.408 e. The van der Waals surface area contributed by atoms with Crippen LogP contribution < -0.4 is 5.32 Å². The molecule has 2 rings (SSSR count). The third kappa shape index (κ3) is 8.26. The Bertz CT molecular complexity index is 731. The molecule has 0 bridgehead atoms. The van der Waals surface area contributed by atoms with Gasteiger partial charge in [-0.25, -0.2) is 4.79 Å². The lowest BCUT2D eigenvalue weighted by Crippen LogP contribution is -2.65. The van der Waals surface area contributed by atoms with E-state index in [1.165, 1.54) is 0 Å². The first-order valence-electron chi connectivity index (χ1n) is 11.7. The molecule has 0 saturated carbocycles. The lowest BCUT2D eigenvalue weighted by Gasteiger charge is -2.46. The Kier molecular flexibility index (Phi) is 11.6. The molecule has 1 amide bonds. The molecule has 216 valence electrons. The summed E-state index contributed by atoms with van der Waals surface area (Å²) < 4.78 is 26.8. The predicted molar refractivity (Wildman–Crippen MR) is 122 cm³/mol. The van der Waals surface area contributed by atoms with Crippen LogP contribution in [-0.4, -0.2) is 146 Å². The van der Waals surface area contributed by atoms with Crippen LogP contribution in [0.5, 0.6) is 0 Å². The summed E-state index contributed by atoms with van der Waals surface area (Å²) in [4.78, 5) is 12.1. The molecule has 15 heteroatoms. The maximum Gasteiger partial charge on any atom is 0.408 e. The second-order valence-electron chi connectivity index (χ2n) is 9.82. The van der Waals surface area contributed by atoms with E-state index < -0.39 is 105 Å². The third-order valence-corrected chi connectivity index (χ3v) is 5.76. The monoisotopic (exact) mass is 541 g/mol. The van der Waals surface area contributed by atoms with Crippen LogP contribution in [0, 0.1) is 0 Å². The highest BCUT2D eigenvalue weighted by molar-refractivity contribution is 5.68. The first-order chi connectivity index (χ1) is 17.2. The highest BCUT2D eigenvalue weighted by Crippen LogP contribution is 2.29. The zero-order valence-electron chi connectivity index (χ0n) is 20.9. The van der Waals surface area contributed by atoms with E-state index in [4.69, 9.17) is 23.7 Å². The van der Waals surface area contributed by atoms with Gasteiger partial charge in [-0.1, -0.05) is 6.08 Å². The van der Waals surface area contributed by atoms with E-state index in [1.807, 2.05) is 0 Å². The molecule has 2 aliphatic heterocycles. The molecule has 0 aromatic rings. The van der Waals surface area contributed by atoms with Crippen LogP contribution >= 0.6 is 0 Å². The van der Waals surface area contributed by atoms with Gasteiger partial charge in [0.05, 0.1) is 32.0 Å². The highest BCUT2D eigenvalue weighted by Gasteiger charge is 2.50. The number of ether oxygens (including phenoxy) is 5. The van der Waals surface area contributed by atoms with Gasteiger partial charge in [0.2, 0.25) is 0 Å². The second kappa shape index (κ2) is 13.5. The molecule has 2 fully saturated rings. The minimum Gasteiger partial charge on any atom is -0.444 e. The molecule has 37 heavy (non-hydrogen) atoms. The van der Waals surface area contributed by atoms with Gasteiger partial charge in [-0.05, 0) is 20.8 Å². The van der Waals surface area contributed by atoms with Crippen LogP contribution in [0.1, 0.15) is 20.8 Å². The van der Waals surface area contributed by atoms with E-state index in [9.17, 15) is 45.6 Å². The SMILES string of the molecule is C=C[C@@H](O)[C@H](CO[C@@H]1OC(CO)[C@@H](O[C@@H]2OC(CO)[C@H](O)[C@H](O)C2O)[C@H](O)C1O)NC(=O)OC(C)(C)C. The van der Waals surface area contributed by atoms with Gasteiger partial charge in [-0.3, -0.25) is 0 Å². The van der Waals surface area contributed by atoms with Crippen LogP contribution in [0.25, 0.3) is 0 Å². The van der Waals surface area contributed by atoms with Crippen LogP contribution in [0.2, 0.25) is 0 Å². The summed E-state index contributed by atoms with van der Waals surface area (Å²) >= 11 is 0. The Morgan fingerprint density at radius 1 is 0.946 bits per heavy atom. The zero-order valence-corrected chi connectivity index (χ0v) is 20.9. The molecule has 0 radical (unpaired) electrons. The van der Waals surface area contributed by atoms with Crippen molar-refractivity contribution in [2.75, 3.05) is 19.8 Å². The van der Waals surface area contributed by atoms with E-state index in [0.29, 0.717) is 0 Å². The van der Waals surface area contributed by atoms with Crippen LogP contribution in [-0.2, 0) is 23.7 Å². The molecule has 0 spiro atoms. The molecule has 2 heterocycles. The molecule has 15 nitrogen and oxygen atoms in total. The van der Waals surface area contributed by atoms with E-state index in [0.717, 1.165) is 6.08 Å². The number of rotatable bonds is 10. The van der Waals surface area contributed by atoms with Gasteiger partial charge in [0.1, 0.15) is 54.4 Å². The van der Waals surface area contributed by atoms with Gasteiger partial charge in [-0.15, -0.1) is 6.58 Å². The third-order valence-electron chi connectivity index (χ3n) is 5.76. The fourth-order valence-electron chi connectivity index (χ4n) is 3.74. The van der Waals surface area contributed by atoms with Crippen molar-refractivity contribution in [1.29, 1.82) is 0 Å². The molecule has 0 aliphatic carbocycles. The summed E-state index contributed by atoms with van der Waals surface area (Å²) in [6.45, 7) is 6.49. The summed E-state index contributed by atoms with van der Waals surface area (Å²) in [6, 6.07) is -1.09. The topological polar surface area (TPSA) is 237 Å². The first kappa shape index (κ1) is 31.7. The second-order valence-corrected chi connectivity index (χ2v) is 9.82. The Morgan fingerprint density at radius 2 is 1.51 bits per heavy atom. The molecule has 4 unspecified atom stereocenters. The number of hydrogen-bond donors (Lipinski definition) is 9. The van der Waals surface area contributed by atoms with Gasteiger partial charge in [0.15, 0.2) is 12.6 Å². The molecule has 12 atom stereocenters. The van der Waals surface area contributed by atoms with Crippen molar-refractivity contribution in [2.45, 2.75) is 99.9 Å². The zero-order chi connectivity index (χ0) is 28.1. The van der Waals surface area contributed by atoms with Crippen LogP contribution in [0.15, 0.2) is 12.7 Å². The van der Waals surface area contributed by atoms with Crippen LogP contribution in [0.3, 0.4) is 0 Å². The Labute approximate surface area is 213 Å². The van der Waals surface area contributed by atoms with Gasteiger partial charge in [0.25, 0.3) is 0 Å². The van der Waals surface area contributed by atoms with Gasteiger partial charge in [-0.2, -0.15) is 0 Å². The molecular weight excluding hydrogens is 502 g/mol. The van der Waals surface area contributed by atoms with Crippen LogP contribution in [0.4, 0.5) is 4.79 Å². The summed E-state index contributed by atoms with van der Waals surface area (Å²) in [5, 5.41) is 82.9. The van der Waals surface area contributed by atoms with Crippen molar-refractivity contribution in [2.24, 2.45) is 0 Å². The number of carbonyl (C=O) groups is 1. The fraction of sp³-hybridized carbons (Fsp3) is 0.864. The van der Waals surface area contributed by atoms with Gasteiger partial charge >= 0.3 is 6.09 Å². The van der Waals surface area contributed by atoms with Crippen molar-refractivity contribution >= 4 is 6.09 Å². The average Bonchev–Trinajstić information content (AvgIpc) is 2.83. The quantitative estimate of drug-likeness (QED) is 0.120. The lowest BCUT2D eigenvalue weighted by atomic mass is 9.97. The Balaban J connectivity index is 2.06. The van der Waals surface area contributed by atoms with Gasteiger partial charge in [0, 0.05) is 0 Å². The predicted octanol–water partition coefficient (Wildman–Crippen LogP) is -3.93. The first-order valence-corrected chi connectivity index (χ1v) is 11.7. The van der Waals surface area contributed by atoms with E-state index in [1.54, 1.807) is 20.8 Å². The standard InChI is InChI=1S/C22H39NO14/c1-5-10(26)9(23-21(32)37-22(2,3)4)8-33-19-17(31)15(29)18(12(7-25)35-19)36-20-16(30)14(28)13(27)11(6-24)34-20/h5,9-20,24-31H,1,6-8H2,2-4H3,(H,23,32)/t9-,10+,11?,12?,13-,14-,15+,16?,17?,18+,19+,20-/m0/s1. The van der Waals surface area contributed by atoms with E-state index in [2.05, 4.69) is 11.9 Å². The fourth-order valence-corrected chi connectivity index (χ4v) is 3.74. The van der Waals surface area contributed by atoms with Crippen molar-refractivity contribution < 1.29 is 69.3 Å². The van der Waals surface area contributed by atoms with Crippen molar-refractivity contribution in [1.82, 2.24) is 5.32 Å². The largest absolute Gasteiger partial charge is 0.444 e. The molecular formula is C22H39NO14. The minimum absolute atomic E-state index is 0.433. The number of alkyl carbamates (subject to hydrolysis) is 1. The summed E-state index contributed by atoms with van der Waals surface area (Å²) in [7, 11) is 0. The Morgan fingerprint density at radius 3 is 2.05 bits per heavy atom. The minimum atomic E-state index is -1.80. The summed E-state index contributed by atoms with van der Waals surface area (Å²) in [6.07, 6.45) is -17.1. The molecule has 2 saturated heterocycles. The number of amides is 1. The highest BCUT2D eigenvalue weighted by atomic mass is 16.7. The normalized spacial score (nSPS) is 38.5. The Hall–Kier alpha value is -1.47. The molecule has 0 aromatic carbocycles. The van der Waals surface area contributed by atoms with Gasteiger partial charge < -0.3 is 69.9 Å².